The molecule has 0 unspecified atom stereocenters. The smallest absolute Gasteiger partial charge is 0.294 e. The SMILES string of the molecule is O=C(c1ccc(/C=C2/Oc3ccccc3N(Cc3ccccc3F)C2=O)cc1)N1CCN(c2ccccc2)CC1. The van der Waals surface area contributed by atoms with E-state index < -0.39 is 0 Å². The summed E-state index contributed by atoms with van der Waals surface area (Å²) in [6, 6.07) is 31.0. The number of halogens is 1. The number of nitrogens with zero attached hydrogens (tertiary/aromatic N) is 3. The van der Waals surface area contributed by atoms with E-state index in [9.17, 15) is 14.0 Å². The molecule has 2 aliphatic rings. The standard InChI is InChI=1S/C33H28FN3O3/c34-28-11-5-4-8-26(28)23-37-29-12-6-7-13-30(29)40-31(33(37)39)22-24-14-16-25(17-15-24)32(38)36-20-18-35(19-21-36)27-9-2-1-3-10-27/h1-17,22H,18-21,23H2/b31-22+. The quantitative estimate of drug-likeness (QED) is 0.307. The second kappa shape index (κ2) is 11.1. The lowest BCUT2D eigenvalue weighted by Crippen LogP contribution is -2.48. The lowest BCUT2D eigenvalue weighted by molar-refractivity contribution is -0.117. The lowest BCUT2D eigenvalue weighted by Gasteiger charge is -2.36. The monoisotopic (exact) mass is 533 g/mol. The van der Waals surface area contributed by atoms with Crippen LogP contribution >= 0.6 is 0 Å². The topological polar surface area (TPSA) is 53.1 Å². The number of carbonyl (C=O) groups is 2. The maximum Gasteiger partial charge on any atom is 0.294 e. The van der Waals surface area contributed by atoms with Crippen molar-refractivity contribution in [3.05, 3.63) is 131 Å². The highest BCUT2D eigenvalue weighted by atomic mass is 19.1. The van der Waals surface area contributed by atoms with Gasteiger partial charge in [0.15, 0.2) is 11.5 Å². The Kier molecular flexibility index (Phi) is 7.02. The third-order valence-corrected chi connectivity index (χ3v) is 7.26. The first-order valence-corrected chi connectivity index (χ1v) is 13.3. The maximum atomic E-state index is 14.4. The summed E-state index contributed by atoms with van der Waals surface area (Å²) in [6.45, 7) is 2.95. The van der Waals surface area contributed by atoms with Gasteiger partial charge in [0.25, 0.3) is 11.8 Å². The van der Waals surface area contributed by atoms with E-state index in [0.29, 0.717) is 35.7 Å². The maximum absolute atomic E-state index is 14.4. The minimum atomic E-state index is -0.369. The Balaban J connectivity index is 1.17. The van der Waals surface area contributed by atoms with Crippen LogP contribution in [-0.4, -0.2) is 42.9 Å². The van der Waals surface area contributed by atoms with E-state index in [1.54, 1.807) is 60.7 Å². The third kappa shape index (κ3) is 5.18. The molecule has 4 aromatic rings. The van der Waals surface area contributed by atoms with Crippen molar-refractivity contribution >= 4 is 29.3 Å². The summed E-state index contributed by atoms with van der Waals surface area (Å²) in [5.41, 5.74) is 3.49. The van der Waals surface area contributed by atoms with Crippen molar-refractivity contribution in [2.75, 3.05) is 36.0 Å². The first kappa shape index (κ1) is 25.4. The van der Waals surface area contributed by atoms with Crippen LogP contribution in [0.2, 0.25) is 0 Å². The molecule has 1 saturated heterocycles. The summed E-state index contributed by atoms with van der Waals surface area (Å²) in [6.07, 6.45) is 1.65. The van der Waals surface area contributed by atoms with Crippen LogP contribution in [-0.2, 0) is 11.3 Å². The van der Waals surface area contributed by atoms with Crippen LogP contribution in [0.25, 0.3) is 6.08 Å². The number of fused-ring (bicyclic) bond motifs is 1. The van der Waals surface area contributed by atoms with Crippen LogP contribution in [0.5, 0.6) is 5.75 Å². The molecule has 7 heteroatoms. The van der Waals surface area contributed by atoms with Gasteiger partial charge in [-0.05, 0) is 54.1 Å². The van der Waals surface area contributed by atoms with E-state index in [-0.39, 0.29) is 29.9 Å². The average molecular weight is 534 g/mol. The van der Waals surface area contributed by atoms with Gasteiger partial charge in [-0.2, -0.15) is 0 Å². The summed E-state index contributed by atoms with van der Waals surface area (Å²) in [5.74, 6) is -0.0934. The Hall–Kier alpha value is -4.91. The Bertz CT molecular complexity index is 1560. The van der Waals surface area contributed by atoms with Crippen LogP contribution in [0, 0.1) is 5.82 Å². The molecule has 40 heavy (non-hydrogen) atoms. The van der Waals surface area contributed by atoms with Gasteiger partial charge in [0.05, 0.1) is 12.2 Å². The number of amides is 2. The number of anilines is 2. The Morgan fingerprint density at radius 3 is 2.23 bits per heavy atom. The van der Waals surface area contributed by atoms with Crippen LogP contribution < -0.4 is 14.5 Å². The first-order valence-electron chi connectivity index (χ1n) is 13.3. The molecule has 2 aliphatic heterocycles. The van der Waals surface area contributed by atoms with Crippen molar-refractivity contribution in [3.63, 3.8) is 0 Å². The van der Waals surface area contributed by atoms with Crippen molar-refractivity contribution in [2.45, 2.75) is 6.54 Å². The number of hydrogen-bond acceptors (Lipinski definition) is 4. The third-order valence-electron chi connectivity index (χ3n) is 7.26. The van der Waals surface area contributed by atoms with Crippen molar-refractivity contribution in [3.8, 4) is 5.75 Å². The van der Waals surface area contributed by atoms with Gasteiger partial charge >= 0.3 is 0 Å². The van der Waals surface area contributed by atoms with E-state index in [1.807, 2.05) is 35.2 Å². The fourth-order valence-corrected chi connectivity index (χ4v) is 5.08. The molecule has 0 saturated carbocycles. The Morgan fingerprint density at radius 2 is 1.48 bits per heavy atom. The second-order valence-electron chi connectivity index (χ2n) is 9.80. The van der Waals surface area contributed by atoms with Gasteiger partial charge in [-0.1, -0.05) is 60.7 Å². The number of rotatable bonds is 5. The van der Waals surface area contributed by atoms with E-state index in [1.165, 1.54) is 16.7 Å². The van der Waals surface area contributed by atoms with Crippen molar-refractivity contribution in [1.82, 2.24) is 4.90 Å². The van der Waals surface area contributed by atoms with Gasteiger partial charge in [0.2, 0.25) is 0 Å². The normalized spacial score (nSPS) is 16.1. The first-order chi connectivity index (χ1) is 19.6. The molecule has 0 atom stereocenters. The predicted octanol–water partition coefficient (Wildman–Crippen LogP) is 5.75. The van der Waals surface area contributed by atoms with E-state index >= 15 is 0 Å². The lowest BCUT2D eigenvalue weighted by atomic mass is 10.1. The molecule has 4 aromatic carbocycles. The van der Waals surface area contributed by atoms with Crippen molar-refractivity contribution < 1.29 is 18.7 Å². The molecule has 200 valence electrons. The summed E-state index contributed by atoms with van der Waals surface area (Å²) in [7, 11) is 0. The fraction of sp³-hybridized carbons (Fsp3) is 0.152. The zero-order chi connectivity index (χ0) is 27.5. The summed E-state index contributed by atoms with van der Waals surface area (Å²) in [4.78, 5) is 32.3. The second-order valence-corrected chi connectivity index (χ2v) is 9.80. The Morgan fingerprint density at radius 1 is 0.800 bits per heavy atom. The molecular weight excluding hydrogens is 505 g/mol. The van der Waals surface area contributed by atoms with E-state index in [2.05, 4.69) is 17.0 Å². The minimum Gasteiger partial charge on any atom is -0.449 e. The number of piperazine rings is 1. The molecule has 6 rings (SSSR count). The zero-order valence-electron chi connectivity index (χ0n) is 21.9. The molecular formula is C33H28FN3O3. The molecule has 0 N–H and O–H groups in total. The van der Waals surface area contributed by atoms with Gasteiger partial charge in [-0.15, -0.1) is 0 Å². The molecule has 0 aromatic heterocycles. The minimum absolute atomic E-state index is 0.0121. The Labute approximate surface area is 232 Å². The van der Waals surface area contributed by atoms with Crippen LogP contribution in [0.15, 0.2) is 109 Å². The largest absolute Gasteiger partial charge is 0.449 e. The number of hydrogen-bond donors (Lipinski definition) is 0. The van der Waals surface area contributed by atoms with Gasteiger partial charge in [0, 0.05) is 43.0 Å². The van der Waals surface area contributed by atoms with Gasteiger partial charge in [-0.25, -0.2) is 4.39 Å². The molecule has 2 heterocycles. The number of carbonyl (C=O) groups excluding carboxylic acids is 2. The van der Waals surface area contributed by atoms with Crippen LogP contribution in [0.1, 0.15) is 21.5 Å². The molecule has 0 bridgehead atoms. The highest BCUT2D eigenvalue weighted by molar-refractivity contribution is 6.09. The van der Waals surface area contributed by atoms with Crippen molar-refractivity contribution in [1.29, 1.82) is 0 Å². The van der Waals surface area contributed by atoms with E-state index in [4.69, 9.17) is 4.74 Å². The van der Waals surface area contributed by atoms with Crippen LogP contribution in [0.4, 0.5) is 15.8 Å². The predicted molar refractivity (Wildman–Crippen MR) is 154 cm³/mol. The summed E-state index contributed by atoms with van der Waals surface area (Å²) >= 11 is 0. The molecule has 0 aliphatic carbocycles. The zero-order valence-corrected chi connectivity index (χ0v) is 21.9. The van der Waals surface area contributed by atoms with E-state index in [0.717, 1.165) is 18.7 Å². The van der Waals surface area contributed by atoms with Crippen molar-refractivity contribution in [2.24, 2.45) is 0 Å². The van der Waals surface area contributed by atoms with Crippen LogP contribution in [0.3, 0.4) is 0 Å². The number of para-hydroxylation sites is 3. The highest BCUT2D eigenvalue weighted by Gasteiger charge is 2.31. The molecule has 0 radical (unpaired) electrons. The summed E-state index contributed by atoms with van der Waals surface area (Å²) < 4.78 is 20.4. The number of ether oxygens (including phenoxy) is 1. The molecule has 1 fully saturated rings. The molecule has 6 nitrogen and oxygen atoms in total. The van der Waals surface area contributed by atoms with Gasteiger partial charge in [0.1, 0.15) is 5.82 Å². The van der Waals surface area contributed by atoms with Gasteiger partial charge < -0.3 is 14.5 Å². The summed E-state index contributed by atoms with van der Waals surface area (Å²) in [5, 5.41) is 0. The van der Waals surface area contributed by atoms with Gasteiger partial charge in [-0.3, -0.25) is 14.5 Å². The molecule has 0 spiro atoms. The molecule has 2 amide bonds. The highest BCUT2D eigenvalue weighted by Crippen LogP contribution is 2.36. The fourth-order valence-electron chi connectivity index (χ4n) is 5.08. The average Bonchev–Trinajstić information content (AvgIpc) is 3.01. The number of benzene rings is 4.